The molecular formula is C16H21ClN2O3S. The maximum absolute atomic E-state index is 12.2. The van der Waals surface area contributed by atoms with E-state index in [0.717, 1.165) is 5.56 Å². The minimum atomic E-state index is -3.27. The summed E-state index contributed by atoms with van der Waals surface area (Å²) in [6.45, 7) is 4.83. The fraction of sp³-hybridized carbons (Fsp3) is 0.438. The fourth-order valence-electron chi connectivity index (χ4n) is 2.24. The zero-order valence-corrected chi connectivity index (χ0v) is 14.9. The van der Waals surface area contributed by atoms with E-state index in [2.05, 4.69) is 5.10 Å². The molecule has 1 aromatic carbocycles. The number of sulfone groups is 1. The summed E-state index contributed by atoms with van der Waals surface area (Å²) in [5, 5.41) is 4.76. The van der Waals surface area contributed by atoms with Gasteiger partial charge in [0.05, 0.1) is 30.4 Å². The molecule has 0 amide bonds. The summed E-state index contributed by atoms with van der Waals surface area (Å²) in [6, 6.07) is 9.78. The van der Waals surface area contributed by atoms with Crippen molar-refractivity contribution in [3.8, 4) is 0 Å². The smallest absolute Gasteiger partial charge is 0.156 e. The molecule has 7 heteroatoms. The number of halogens is 1. The van der Waals surface area contributed by atoms with Crippen LogP contribution in [0.5, 0.6) is 0 Å². The number of hydrogen-bond acceptors (Lipinski definition) is 4. The lowest BCUT2D eigenvalue weighted by molar-refractivity contribution is 0.163. The van der Waals surface area contributed by atoms with Gasteiger partial charge in [-0.25, -0.2) is 13.1 Å². The van der Waals surface area contributed by atoms with Crippen molar-refractivity contribution >= 4 is 21.4 Å². The monoisotopic (exact) mass is 356 g/mol. The van der Waals surface area contributed by atoms with E-state index in [4.69, 9.17) is 16.3 Å². The van der Waals surface area contributed by atoms with Gasteiger partial charge in [-0.2, -0.15) is 5.10 Å². The van der Waals surface area contributed by atoms with Gasteiger partial charge in [0.15, 0.2) is 9.84 Å². The molecule has 0 spiro atoms. The Hall–Kier alpha value is -1.37. The van der Waals surface area contributed by atoms with Gasteiger partial charge >= 0.3 is 0 Å². The molecular weight excluding hydrogens is 336 g/mol. The van der Waals surface area contributed by atoms with Crippen LogP contribution in [0.25, 0.3) is 0 Å². The highest BCUT2D eigenvalue weighted by atomic mass is 35.5. The fourth-order valence-corrected chi connectivity index (χ4v) is 3.92. The van der Waals surface area contributed by atoms with Crippen molar-refractivity contribution in [3.63, 3.8) is 0 Å². The summed E-state index contributed by atoms with van der Waals surface area (Å²) in [5.41, 5.74) is 2.27. The van der Waals surface area contributed by atoms with Crippen LogP contribution in [0.15, 0.2) is 30.3 Å². The third kappa shape index (κ3) is 5.06. The molecule has 0 radical (unpaired) electrons. The first-order chi connectivity index (χ1) is 10.9. The van der Waals surface area contributed by atoms with Gasteiger partial charge in [0, 0.05) is 12.2 Å². The van der Waals surface area contributed by atoms with E-state index in [1.165, 1.54) is 0 Å². The Labute approximate surface area is 142 Å². The average molecular weight is 357 g/mol. The van der Waals surface area contributed by atoms with E-state index < -0.39 is 9.84 Å². The van der Waals surface area contributed by atoms with Crippen LogP contribution < -0.4 is 0 Å². The SMILES string of the molecule is CCOCCS(=O)(=O)Cc1c(C)nn(Cc2ccccc2)c1Cl. The van der Waals surface area contributed by atoms with Crippen molar-refractivity contribution in [2.24, 2.45) is 0 Å². The normalized spacial score (nSPS) is 11.8. The average Bonchev–Trinajstić information content (AvgIpc) is 2.76. The Kier molecular flexibility index (Phi) is 6.21. The van der Waals surface area contributed by atoms with E-state index in [1.807, 2.05) is 37.3 Å². The van der Waals surface area contributed by atoms with Crippen molar-refractivity contribution < 1.29 is 13.2 Å². The Morgan fingerprint density at radius 2 is 1.96 bits per heavy atom. The number of ether oxygens (including phenoxy) is 1. The molecule has 0 saturated carbocycles. The highest BCUT2D eigenvalue weighted by molar-refractivity contribution is 7.90. The van der Waals surface area contributed by atoms with Gasteiger partial charge in [0.1, 0.15) is 5.15 Å². The van der Waals surface area contributed by atoms with Crippen molar-refractivity contribution in [2.75, 3.05) is 19.0 Å². The highest BCUT2D eigenvalue weighted by Crippen LogP contribution is 2.23. The summed E-state index contributed by atoms with van der Waals surface area (Å²) in [4.78, 5) is 0. The summed E-state index contributed by atoms with van der Waals surface area (Å²) >= 11 is 6.35. The first-order valence-corrected chi connectivity index (χ1v) is 9.66. The van der Waals surface area contributed by atoms with Gasteiger partial charge in [-0.05, 0) is 19.4 Å². The lowest BCUT2D eigenvalue weighted by Crippen LogP contribution is -2.14. The molecule has 0 N–H and O–H groups in total. The molecule has 0 aliphatic rings. The number of nitrogens with zero attached hydrogens (tertiary/aromatic N) is 2. The number of aromatic nitrogens is 2. The van der Waals surface area contributed by atoms with Gasteiger partial charge in [-0.3, -0.25) is 0 Å². The Bertz CT molecular complexity index is 742. The van der Waals surface area contributed by atoms with Gasteiger partial charge in [-0.1, -0.05) is 41.9 Å². The summed E-state index contributed by atoms with van der Waals surface area (Å²) < 4.78 is 31.1. The highest BCUT2D eigenvalue weighted by Gasteiger charge is 2.20. The Balaban J connectivity index is 2.14. The van der Waals surface area contributed by atoms with E-state index >= 15 is 0 Å². The quantitative estimate of drug-likeness (QED) is 0.682. The molecule has 0 atom stereocenters. The molecule has 2 rings (SSSR count). The minimum absolute atomic E-state index is 0.0134. The summed E-state index contributed by atoms with van der Waals surface area (Å²) in [6.07, 6.45) is 0. The molecule has 126 valence electrons. The third-order valence-corrected chi connectivity index (χ3v) is 5.41. The zero-order valence-electron chi connectivity index (χ0n) is 13.3. The molecule has 0 saturated heterocycles. The van der Waals surface area contributed by atoms with Crippen LogP contribution in [-0.4, -0.2) is 37.2 Å². The van der Waals surface area contributed by atoms with Crippen LogP contribution in [0, 0.1) is 6.92 Å². The molecule has 0 bridgehead atoms. The van der Waals surface area contributed by atoms with Gasteiger partial charge in [-0.15, -0.1) is 0 Å². The largest absolute Gasteiger partial charge is 0.381 e. The molecule has 0 aliphatic heterocycles. The van der Waals surface area contributed by atoms with Gasteiger partial charge < -0.3 is 4.74 Å². The molecule has 2 aromatic rings. The number of benzene rings is 1. The first-order valence-electron chi connectivity index (χ1n) is 7.47. The van der Waals surface area contributed by atoms with E-state index in [1.54, 1.807) is 11.6 Å². The van der Waals surface area contributed by atoms with Crippen molar-refractivity contribution in [1.82, 2.24) is 9.78 Å². The van der Waals surface area contributed by atoms with Crippen molar-refractivity contribution in [3.05, 3.63) is 52.3 Å². The number of rotatable bonds is 8. The maximum atomic E-state index is 12.2. The molecule has 1 heterocycles. The topological polar surface area (TPSA) is 61.2 Å². The second kappa shape index (κ2) is 7.95. The van der Waals surface area contributed by atoms with Crippen LogP contribution in [-0.2, 0) is 26.9 Å². The predicted molar refractivity (Wildman–Crippen MR) is 91.5 cm³/mol. The molecule has 23 heavy (non-hydrogen) atoms. The minimum Gasteiger partial charge on any atom is -0.381 e. The Morgan fingerprint density at radius 1 is 1.26 bits per heavy atom. The Morgan fingerprint density at radius 3 is 2.61 bits per heavy atom. The molecule has 0 fully saturated rings. The number of aryl methyl sites for hydroxylation is 1. The van der Waals surface area contributed by atoms with Crippen molar-refractivity contribution in [1.29, 1.82) is 0 Å². The second-order valence-electron chi connectivity index (χ2n) is 5.29. The van der Waals surface area contributed by atoms with Crippen LogP contribution >= 0.6 is 11.6 Å². The van der Waals surface area contributed by atoms with Crippen LogP contribution in [0.4, 0.5) is 0 Å². The number of hydrogen-bond donors (Lipinski definition) is 0. The van der Waals surface area contributed by atoms with Crippen LogP contribution in [0.3, 0.4) is 0 Å². The maximum Gasteiger partial charge on any atom is 0.156 e. The van der Waals surface area contributed by atoms with Gasteiger partial charge in [0.2, 0.25) is 0 Å². The van der Waals surface area contributed by atoms with Crippen LogP contribution in [0.1, 0.15) is 23.7 Å². The van der Waals surface area contributed by atoms with E-state index in [9.17, 15) is 8.42 Å². The predicted octanol–water partition coefficient (Wildman–Crippen LogP) is 2.84. The lowest BCUT2D eigenvalue weighted by atomic mass is 10.2. The molecule has 0 unspecified atom stereocenters. The summed E-state index contributed by atoms with van der Waals surface area (Å²) in [5.74, 6) is -0.125. The zero-order chi connectivity index (χ0) is 16.9. The van der Waals surface area contributed by atoms with E-state index in [-0.39, 0.29) is 18.1 Å². The summed E-state index contributed by atoms with van der Waals surface area (Å²) in [7, 11) is -3.27. The van der Waals surface area contributed by atoms with Crippen LogP contribution in [0.2, 0.25) is 5.15 Å². The lowest BCUT2D eigenvalue weighted by Gasteiger charge is -2.06. The third-order valence-electron chi connectivity index (χ3n) is 3.47. The standard InChI is InChI=1S/C16H21ClN2O3S/c1-3-22-9-10-23(20,21)12-15-13(2)18-19(16(15)17)11-14-7-5-4-6-8-14/h4-8H,3,9-12H2,1-2H3. The molecule has 5 nitrogen and oxygen atoms in total. The van der Waals surface area contributed by atoms with Gasteiger partial charge in [0.25, 0.3) is 0 Å². The first kappa shape index (κ1) is 18.0. The molecule has 1 aromatic heterocycles. The molecule has 0 aliphatic carbocycles. The second-order valence-corrected chi connectivity index (χ2v) is 7.83. The van der Waals surface area contributed by atoms with Crippen molar-refractivity contribution in [2.45, 2.75) is 26.1 Å². The van der Waals surface area contributed by atoms with E-state index in [0.29, 0.717) is 29.6 Å².